The fourth-order valence-electron chi connectivity index (χ4n) is 2.90. The van der Waals surface area contributed by atoms with Crippen molar-refractivity contribution in [3.63, 3.8) is 0 Å². The average molecular weight is 399 g/mol. The van der Waals surface area contributed by atoms with Gasteiger partial charge in [-0.15, -0.1) is 0 Å². The van der Waals surface area contributed by atoms with Gasteiger partial charge in [-0.1, -0.05) is 71.6 Å². The molecule has 27 heavy (non-hydrogen) atoms. The van der Waals surface area contributed by atoms with Gasteiger partial charge in [0.05, 0.1) is 19.9 Å². The Morgan fingerprint density at radius 2 is 1.26 bits per heavy atom. The molecule has 0 heterocycles. The van der Waals surface area contributed by atoms with E-state index in [1.54, 1.807) is 31.4 Å². The molecule has 0 bridgehead atoms. The highest BCUT2D eigenvalue weighted by Gasteiger charge is 2.25. The molecule has 1 atom stereocenters. The fraction of sp³-hybridized carbons (Fsp3) is 0.727. The van der Waals surface area contributed by atoms with E-state index in [9.17, 15) is 4.57 Å². The Labute approximate surface area is 166 Å². The summed E-state index contributed by atoms with van der Waals surface area (Å²) < 4.78 is 29.7. The molecule has 0 aromatic heterocycles. The van der Waals surface area contributed by atoms with Crippen LogP contribution in [0.1, 0.15) is 84.5 Å². The fourth-order valence-corrected chi connectivity index (χ4v) is 4.73. The highest BCUT2D eigenvalue weighted by atomic mass is 31.2. The molecule has 0 radical (unpaired) electrons. The topological polar surface area (TPSA) is 44.8 Å². The Bertz CT molecular complexity index is 516. The van der Waals surface area contributed by atoms with Gasteiger partial charge in [0, 0.05) is 0 Å². The molecule has 0 spiro atoms. The highest BCUT2D eigenvalue weighted by molar-refractivity contribution is 7.54. The molecule has 0 fully saturated rings. The minimum absolute atomic E-state index is 0.465. The minimum Gasteiger partial charge on any atom is -0.497 e. The molecule has 0 saturated carbocycles. The molecule has 5 heteroatoms. The second-order valence-electron chi connectivity index (χ2n) is 7.12. The number of ether oxygens (including phenoxy) is 1. The maximum Gasteiger partial charge on any atom is 0.379 e. The van der Waals surface area contributed by atoms with Crippen molar-refractivity contribution in [1.29, 1.82) is 0 Å². The van der Waals surface area contributed by atoms with Crippen LogP contribution in [-0.4, -0.2) is 19.9 Å². The smallest absolute Gasteiger partial charge is 0.379 e. The second kappa shape index (κ2) is 15.0. The van der Waals surface area contributed by atoms with Crippen molar-refractivity contribution in [2.75, 3.05) is 19.9 Å². The third-order valence-electron chi connectivity index (χ3n) is 4.63. The maximum absolute atomic E-state index is 13.1. The van der Waals surface area contributed by atoms with Crippen LogP contribution in [0.5, 0.6) is 11.5 Å². The largest absolute Gasteiger partial charge is 0.497 e. The van der Waals surface area contributed by atoms with Crippen molar-refractivity contribution in [3.05, 3.63) is 24.3 Å². The SMILES string of the molecule is CCCCCCCCCCCOP(=O)(CCCC)Oc1ccc(OC)cc1. The predicted molar refractivity (Wildman–Crippen MR) is 114 cm³/mol. The number of benzene rings is 1. The van der Waals surface area contributed by atoms with E-state index in [0.29, 0.717) is 18.5 Å². The van der Waals surface area contributed by atoms with Crippen LogP contribution in [0.4, 0.5) is 0 Å². The average Bonchev–Trinajstić information content (AvgIpc) is 2.68. The monoisotopic (exact) mass is 398 g/mol. The molecule has 0 aliphatic heterocycles. The van der Waals surface area contributed by atoms with Crippen molar-refractivity contribution in [1.82, 2.24) is 0 Å². The lowest BCUT2D eigenvalue weighted by atomic mass is 10.1. The first-order valence-corrected chi connectivity index (χ1v) is 12.4. The first-order valence-electron chi connectivity index (χ1n) is 10.7. The zero-order valence-electron chi connectivity index (χ0n) is 17.6. The number of rotatable bonds is 17. The number of unbranched alkanes of at least 4 members (excludes halogenated alkanes) is 9. The van der Waals surface area contributed by atoms with Crippen LogP contribution in [0.25, 0.3) is 0 Å². The van der Waals surface area contributed by atoms with Gasteiger partial charge in [0.25, 0.3) is 0 Å². The van der Waals surface area contributed by atoms with Crippen LogP contribution >= 0.6 is 7.60 Å². The van der Waals surface area contributed by atoms with E-state index in [0.717, 1.165) is 31.4 Å². The van der Waals surface area contributed by atoms with E-state index in [2.05, 4.69) is 13.8 Å². The summed E-state index contributed by atoms with van der Waals surface area (Å²) in [6.45, 7) is 4.84. The van der Waals surface area contributed by atoms with E-state index < -0.39 is 7.60 Å². The van der Waals surface area contributed by atoms with Crippen molar-refractivity contribution in [2.24, 2.45) is 0 Å². The van der Waals surface area contributed by atoms with Crippen molar-refractivity contribution < 1.29 is 18.3 Å². The van der Waals surface area contributed by atoms with E-state index in [-0.39, 0.29) is 0 Å². The summed E-state index contributed by atoms with van der Waals surface area (Å²) in [5, 5.41) is 0. The minimum atomic E-state index is -3.10. The lowest BCUT2D eigenvalue weighted by molar-refractivity contribution is 0.256. The first-order chi connectivity index (χ1) is 13.1. The summed E-state index contributed by atoms with van der Waals surface area (Å²) in [5.74, 6) is 1.32. The van der Waals surface area contributed by atoms with Gasteiger partial charge < -0.3 is 9.26 Å². The Kier molecular flexibility index (Phi) is 13.4. The summed E-state index contributed by atoms with van der Waals surface area (Å²) in [5.41, 5.74) is 0. The van der Waals surface area contributed by atoms with E-state index in [1.807, 2.05) is 0 Å². The molecule has 0 aliphatic rings. The number of hydrogen-bond acceptors (Lipinski definition) is 4. The molecule has 1 unspecified atom stereocenters. The molecule has 0 aliphatic carbocycles. The zero-order chi connectivity index (χ0) is 19.8. The van der Waals surface area contributed by atoms with Crippen LogP contribution in [-0.2, 0) is 9.09 Å². The summed E-state index contributed by atoms with van der Waals surface area (Å²) in [4.78, 5) is 0. The van der Waals surface area contributed by atoms with Gasteiger partial charge in [-0.05, 0) is 37.1 Å². The Balaban J connectivity index is 2.30. The van der Waals surface area contributed by atoms with Gasteiger partial charge in [0.2, 0.25) is 0 Å². The van der Waals surface area contributed by atoms with Gasteiger partial charge in [-0.25, -0.2) is 4.57 Å². The molecule has 0 saturated heterocycles. The lowest BCUT2D eigenvalue weighted by Gasteiger charge is -2.19. The molecule has 4 nitrogen and oxygen atoms in total. The molecular weight excluding hydrogens is 359 g/mol. The van der Waals surface area contributed by atoms with Gasteiger partial charge in [-0.3, -0.25) is 4.52 Å². The summed E-state index contributed by atoms with van der Waals surface area (Å²) >= 11 is 0. The van der Waals surface area contributed by atoms with Crippen molar-refractivity contribution >= 4 is 7.60 Å². The zero-order valence-corrected chi connectivity index (χ0v) is 18.5. The molecule has 1 aromatic carbocycles. The predicted octanol–water partition coefficient (Wildman–Crippen LogP) is 7.61. The summed E-state index contributed by atoms with van der Waals surface area (Å²) in [7, 11) is -1.47. The summed E-state index contributed by atoms with van der Waals surface area (Å²) in [6.07, 6.45) is 13.6. The third kappa shape index (κ3) is 11.4. The molecular formula is C22H39O4P. The van der Waals surface area contributed by atoms with E-state index in [4.69, 9.17) is 13.8 Å². The standard InChI is InChI=1S/C22H39O4P/c1-4-6-8-9-10-11-12-13-14-19-25-27(23,20-7-5-2)26-22-17-15-21(24-3)16-18-22/h15-18H,4-14,19-20H2,1-3H3. The van der Waals surface area contributed by atoms with Gasteiger partial charge >= 0.3 is 7.60 Å². The normalized spacial score (nSPS) is 13.3. The number of hydrogen-bond donors (Lipinski definition) is 0. The van der Waals surface area contributed by atoms with E-state index in [1.165, 1.54) is 44.9 Å². The Hall–Kier alpha value is -0.990. The van der Waals surface area contributed by atoms with E-state index >= 15 is 0 Å². The highest BCUT2D eigenvalue weighted by Crippen LogP contribution is 2.49. The van der Waals surface area contributed by atoms with Crippen LogP contribution in [0.3, 0.4) is 0 Å². The second-order valence-corrected chi connectivity index (χ2v) is 9.23. The molecule has 1 rings (SSSR count). The first kappa shape index (κ1) is 24.0. The molecule has 0 N–H and O–H groups in total. The Morgan fingerprint density at radius 1 is 0.741 bits per heavy atom. The van der Waals surface area contributed by atoms with Gasteiger partial charge in [0.15, 0.2) is 0 Å². The van der Waals surface area contributed by atoms with Gasteiger partial charge in [0.1, 0.15) is 11.5 Å². The Morgan fingerprint density at radius 3 is 1.81 bits per heavy atom. The lowest BCUT2D eigenvalue weighted by Crippen LogP contribution is -2.04. The van der Waals surface area contributed by atoms with Crippen LogP contribution in [0.15, 0.2) is 24.3 Å². The van der Waals surface area contributed by atoms with Gasteiger partial charge in [-0.2, -0.15) is 0 Å². The molecule has 156 valence electrons. The molecule has 1 aromatic rings. The van der Waals surface area contributed by atoms with Crippen LogP contribution < -0.4 is 9.26 Å². The van der Waals surface area contributed by atoms with Crippen LogP contribution in [0, 0.1) is 0 Å². The summed E-state index contributed by atoms with van der Waals surface area (Å²) in [6, 6.07) is 7.17. The van der Waals surface area contributed by atoms with Crippen molar-refractivity contribution in [2.45, 2.75) is 84.5 Å². The van der Waals surface area contributed by atoms with Crippen LogP contribution in [0.2, 0.25) is 0 Å². The molecule has 0 amide bonds. The third-order valence-corrected chi connectivity index (χ3v) is 6.55. The van der Waals surface area contributed by atoms with Crippen molar-refractivity contribution in [3.8, 4) is 11.5 Å². The maximum atomic E-state index is 13.1. The quantitative estimate of drug-likeness (QED) is 0.200. The number of methoxy groups -OCH3 is 1.